The Bertz CT molecular complexity index is 943. The van der Waals surface area contributed by atoms with E-state index in [4.69, 9.17) is 4.74 Å². The van der Waals surface area contributed by atoms with Gasteiger partial charge in [-0.1, -0.05) is 24.6 Å². The molecule has 1 fully saturated rings. The third kappa shape index (κ3) is 6.00. The Labute approximate surface area is 183 Å². The number of hydrogen-bond donors (Lipinski definition) is 1. The van der Waals surface area contributed by atoms with Crippen molar-refractivity contribution < 1.29 is 17.9 Å². The number of thioether (sulfide) groups is 1. The molecule has 1 N–H and O–H groups in total. The summed E-state index contributed by atoms with van der Waals surface area (Å²) in [5.74, 6) is 0.928. The van der Waals surface area contributed by atoms with Gasteiger partial charge in [0.05, 0.1) is 17.2 Å². The summed E-state index contributed by atoms with van der Waals surface area (Å²) in [5, 5.41) is 2.84. The minimum atomic E-state index is -3.58. The van der Waals surface area contributed by atoms with Gasteiger partial charge in [-0.2, -0.15) is 4.31 Å². The predicted octanol–water partition coefficient (Wildman–Crippen LogP) is 4.38. The molecule has 0 aromatic heterocycles. The van der Waals surface area contributed by atoms with Crippen LogP contribution < -0.4 is 10.1 Å². The minimum absolute atomic E-state index is 0.174. The van der Waals surface area contributed by atoms with Gasteiger partial charge in [0.25, 0.3) is 0 Å². The Hall–Kier alpha value is -2.03. The van der Waals surface area contributed by atoms with Crippen LogP contribution in [0.15, 0.2) is 58.3 Å². The highest BCUT2D eigenvalue weighted by molar-refractivity contribution is 7.99. The van der Waals surface area contributed by atoms with E-state index in [-0.39, 0.29) is 10.8 Å². The van der Waals surface area contributed by atoms with Crippen molar-refractivity contribution in [1.29, 1.82) is 0 Å². The Kier molecular flexibility index (Phi) is 8.18. The zero-order valence-electron chi connectivity index (χ0n) is 17.2. The molecule has 0 atom stereocenters. The summed E-state index contributed by atoms with van der Waals surface area (Å²) < 4.78 is 33.1. The van der Waals surface area contributed by atoms with Crippen molar-refractivity contribution >= 4 is 33.4 Å². The van der Waals surface area contributed by atoms with Gasteiger partial charge >= 0.3 is 0 Å². The van der Waals surface area contributed by atoms with E-state index in [9.17, 15) is 13.2 Å². The molecule has 3 rings (SSSR count). The molecule has 1 heterocycles. The number of nitrogens with one attached hydrogen (secondary N) is 1. The van der Waals surface area contributed by atoms with Gasteiger partial charge in [-0.3, -0.25) is 4.79 Å². The maximum atomic E-state index is 13.0. The van der Waals surface area contributed by atoms with E-state index in [2.05, 4.69) is 5.32 Å². The maximum absolute atomic E-state index is 13.0. The summed E-state index contributed by atoms with van der Waals surface area (Å²) in [6.45, 7) is 3.34. The predicted molar refractivity (Wildman–Crippen MR) is 121 cm³/mol. The summed E-state index contributed by atoms with van der Waals surface area (Å²) in [7, 11) is -3.58. The first kappa shape index (κ1) is 22.7. The first-order valence-electron chi connectivity index (χ1n) is 10.3. The number of carbonyl (C=O) groups is 1. The average molecular weight is 449 g/mol. The van der Waals surface area contributed by atoms with E-state index in [1.165, 1.54) is 10.4 Å². The van der Waals surface area contributed by atoms with Gasteiger partial charge < -0.3 is 10.1 Å². The SMILES string of the molecule is CCOc1ccc(S(=O)(=O)N2CCCCC2)cc1NC(=O)CCSc1ccccc1. The molecular weight excluding hydrogens is 420 g/mol. The van der Waals surface area contributed by atoms with Crippen LogP contribution in [0.3, 0.4) is 0 Å². The fourth-order valence-corrected chi connectivity index (χ4v) is 5.71. The lowest BCUT2D eigenvalue weighted by atomic mass is 10.2. The number of nitrogens with zero attached hydrogens (tertiary/aromatic N) is 1. The zero-order valence-corrected chi connectivity index (χ0v) is 18.8. The van der Waals surface area contributed by atoms with Crippen LogP contribution >= 0.6 is 11.8 Å². The first-order valence-corrected chi connectivity index (χ1v) is 12.7. The first-order chi connectivity index (χ1) is 14.5. The number of benzene rings is 2. The van der Waals surface area contributed by atoms with E-state index < -0.39 is 10.0 Å². The fourth-order valence-electron chi connectivity index (χ4n) is 3.29. The summed E-state index contributed by atoms with van der Waals surface area (Å²) in [5.41, 5.74) is 0.393. The molecule has 6 nitrogen and oxygen atoms in total. The Morgan fingerprint density at radius 2 is 1.83 bits per heavy atom. The van der Waals surface area contributed by atoms with Crippen LogP contribution in [0.25, 0.3) is 0 Å². The summed E-state index contributed by atoms with van der Waals surface area (Å²) in [4.78, 5) is 13.8. The highest BCUT2D eigenvalue weighted by Crippen LogP contribution is 2.30. The van der Waals surface area contributed by atoms with Gasteiger partial charge in [0.2, 0.25) is 15.9 Å². The van der Waals surface area contributed by atoms with Gasteiger partial charge in [-0.25, -0.2) is 8.42 Å². The van der Waals surface area contributed by atoms with Crippen molar-refractivity contribution in [3.05, 3.63) is 48.5 Å². The largest absolute Gasteiger partial charge is 0.492 e. The molecule has 30 heavy (non-hydrogen) atoms. The molecule has 162 valence electrons. The lowest BCUT2D eigenvalue weighted by molar-refractivity contribution is -0.115. The molecule has 1 aliphatic heterocycles. The molecular formula is C22H28N2O4S2. The number of carbonyl (C=O) groups excluding carboxylic acids is 1. The maximum Gasteiger partial charge on any atom is 0.243 e. The van der Waals surface area contributed by atoms with E-state index in [1.54, 1.807) is 23.9 Å². The van der Waals surface area contributed by atoms with Crippen LogP contribution in [-0.2, 0) is 14.8 Å². The van der Waals surface area contributed by atoms with Gasteiger partial charge in [-0.05, 0) is 50.1 Å². The highest BCUT2D eigenvalue weighted by atomic mass is 32.2. The second kappa shape index (κ2) is 10.8. The molecule has 1 amide bonds. The minimum Gasteiger partial charge on any atom is -0.492 e. The molecule has 0 saturated carbocycles. The van der Waals surface area contributed by atoms with Crippen LogP contribution in [-0.4, -0.2) is 44.1 Å². The molecule has 2 aromatic rings. The van der Waals surface area contributed by atoms with Crippen molar-refractivity contribution in [1.82, 2.24) is 4.31 Å². The van der Waals surface area contributed by atoms with Crippen LogP contribution in [0.4, 0.5) is 5.69 Å². The number of ether oxygens (including phenoxy) is 1. The van der Waals surface area contributed by atoms with E-state index >= 15 is 0 Å². The quantitative estimate of drug-likeness (QED) is 0.576. The molecule has 0 bridgehead atoms. The molecule has 2 aromatic carbocycles. The van der Waals surface area contributed by atoms with Crippen LogP contribution in [0, 0.1) is 0 Å². The number of amides is 1. The lowest BCUT2D eigenvalue weighted by Gasteiger charge is -2.26. The van der Waals surface area contributed by atoms with E-state index in [0.29, 0.717) is 43.3 Å². The van der Waals surface area contributed by atoms with Crippen LogP contribution in [0.5, 0.6) is 5.75 Å². The van der Waals surface area contributed by atoms with Gasteiger partial charge in [0.15, 0.2) is 0 Å². The van der Waals surface area contributed by atoms with Crippen molar-refractivity contribution in [3.8, 4) is 5.75 Å². The molecule has 1 saturated heterocycles. The van der Waals surface area contributed by atoms with Crippen molar-refractivity contribution in [3.63, 3.8) is 0 Å². The van der Waals surface area contributed by atoms with Gasteiger partial charge in [-0.15, -0.1) is 11.8 Å². The molecule has 0 unspecified atom stereocenters. The van der Waals surface area contributed by atoms with Crippen LogP contribution in [0.1, 0.15) is 32.6 Å². The summed E-state index contributed by atoms with van der Waals surface area (Å²) >= 11 is 1.61. The lowest BCUT2D eigenvalue weighted by Crippen LogP contribution is -2.35. The number of rotatable bonds is 9. The van der Waals surface area contributed by atoms with Crippen molar-refractivity contribution in [2.24, 2.45) is 0 Å². The zero-order chi connectivity index (χ0) is 21.4. The average Bonchev–Trinajstić information content (AvgIpc) is 2.76. The number of hydrogen-bond acceptors (Lipinski definition) is 5. The standard InChI is InChI=1S/C22H28N2O4S2/c1-2-28-21-12-11-19(30(26,27)24-14-7-4-8-15-24)17-20(21)23-22(25)13-16-29-18-9-5-3-6-10-18/h3,5-6,9-12,17H,2,4,7-8,13-16H2,1H3,(H,23,25). The number of sulfonamides is 1. The van der Waals surface area contributed by atoms with Gasteiger partial charge in [0.1, 0.15) is 5.75 Å². The van der Waals surface area contributed by atoms with E-state index in [1.807, 2.05) is 37.3 Å². The topological polar surface area (TPSA) is 75.7 Å². The van der Waals surface area contributed by atoms with Crippen molar-refractivity contribution in [2.45, 2.75) is 42.4 Å². The van der Waals surface area contributed by atoms with Crippen molar-refractivity contribution in [2.75, 3.05) is 30.8 Å². The molecule has 0 spiro atoms. The smallest absolute Gasteiger partial charge is 0.243 e. The Morgan fingerprint density at radius 1 is 1.10 bits per heavy atom. The monoisotopic (exact) mass is 448 g/mol. The molecule has 0 radical (unpaired) electrons. The second-order valence-corrected chi connectivity index (χ2v) is 10.1. The normalized spacial score (nSPS) is 15.0. The second-order valence-electron chi connectivity index (χ2n) is 7.02. The molecule has 1 aliphatic rings. The Balaban J connectivity index is 1.70. The van der Waals surface area contributed by atoms with E-state index in [0.717, 1.165) is 24.2 Å². The van der Waals surface area contributed by atoms with Gasteiger partial charge in [0, 0.05) is 30.2 Å². The molecule has 8 heteroatoms. The third-order valence-electron chi connectivity index (χ3n) is 4.82. The fraction of sp³-hybridized carbons (Fsp3) is 0.409. The highest BCUT2D eigenvalue weighted by Gasteiger charge is 2.27. The molecule has 0 aliphatic carbocycles. The number of anilines is 1. The number of piperidine rings is 1. The summed E-state index contributed by atoms with van der Waals surface area (Å²) in [6.07, 6.45) is 3.11. The van der Waals surface area contributed by atoms with Crippen LogP contribution in [0.2, 0.25) is 0 Å². The Morgan fingerprint density at radius 3 is 2.53 bits per heavy atom. The third-order valence-corrected chi connectivity index (χ3v) is 7.73. The summed E-state index contributed by atoms with van der Waals surface area (Å²) in [6, 6.07) is 14.6.